The van der Waals surface area contributed by atoms with Gasteiger partial charge in [0, 0.05) is 19.4 Å². The number of halogens is 1. The Bertz CT molecular complexity index is 569. The maximum Gasteiger partial charge on any atom is 0.176 e. The van der Waals surface area contributed by atoms with Crippen molar-refractivity contribution in [2.75, 3.05) is 7.11 Å². The van der Waals surface area contributed by atoms with Crippen LogP contribution in [0.3, 0.4) is 0 Å². The van der Waals surface area contributed by atoms with Gasteiger partial charge in [-0.05, 0) is 33.6 Å². The Labute approximate surface area is 119 Å². The van der Waals surface area contributed by atoms with E-state index in [4.69, 9.17) is 14.6 Å². The van der Waals surface area contributed by atoms with Gasteiger partial charge in [0.15, 0.2) is 11.5 Å². The minimum Gasteiger partial charge on any atom is -0.493 e. The van der Waals surface area contributed by atoms with Crippen LogP contribution in [-0.4, -0.2) is 21.8 Å². The minimum absolute atomic E-state index is 0.0470. The highest BCUT2D eigenvalue weighted by Crippen LogP contribution is 2.37. The quantitative estimate of drug-likeness (QED) is 0.915. The molecular weight excluding hydrogens is 312 g/mol. The van der Waals surface area contributed by atoms with Crippen molar-refractivity contribution in [1.82, 2.24) is 9.55 Å². The first-order valence-electron chi connectivity index (χ1n) is 5.72. The minimum atomic E-state index is -0.0470. The van der Waals surface area contributed by atoms with Gasteiger partial charge in [0.25, 0.3) is 0 Å². The van der Waals surface area contributed by atoms with Crippen LogP contribution in [0.4, 0.5) is 0 Å². The maximum absolute atomic E-state index is 9.16. The van der Waals surface area contributed by atoms with Crippen molar-refractivity contribution in [2.45, 2.75) is 13.2 Å². The average molecular weight is 327 g/mol. The number of aliphatic hydroxyl groups excluding tert-OH is 1. The standard InChI is InChI=1S/C13H15BrN2O3/c1-16-4-3-15-12(16)8-19-13-10(14)5-9(7-17)6-11(13)18-2/h3-6,17H,7-8H2,1-2H3. The Kier molecular flexibility index (Phi) is 4.44. The van der Waals surface area contributed by atoms with Gasteiger partial charge >= 0.3 is 0 Å². The molecule has 19 heavy (non-hydrogen) atoms. The number of rotatable bonds is 5. The number of hydrogen-bond donors (Lipinski definition) is 1. The summed E-state index contributed by atoms with van der Waals surface area (Å²) < 4.78 is 13.7. The molecule has 0 amide bonds. The first-order chi connectivity index (χ1) is 9.15. The predicted octanol–water partition coefficient (Wildman–Crippen LogP) is 2.26. The fourth-order valence-corrected chi connectivity index (χ4v) is 2.28. The van der Waals surface area contributed by atoms with E-state index in [2.05, 4.69) is 20.9 Å². The average Bonchev–Trinajstić information content (AvgIpc) is 2.82. The molecular formula is C13H15BrN2O3. The van der Waals surface area contributed by atoms with E-state index in [1.54, 1.807) is 25.4 Å². The van der Waals surface area contributed by atoms with Crippen molar-refractivity contribution < 1.29 is 14.6 Å². The first-order valence-corrected chi connectivity index (χ1v) is 6.51. The van der Waals surface area contributed by atoms with Crippen molar-refractivity contribution in [2.24, 2.45) is 7.05 Å². The van der Waals surface area contributed by atoms with Gasteiger partial charge in [-0.2, -0.15) is 0 Å². The largest absolute Gasteiger partial charge is 0.493 e. The highest BCUT2D eigenvalue weighted by atomic mass is 79.9. The summed E-state index contributed by atoms with van der Waals surface area (Å²) in [6.07, 6.45) is 3.58. The third kappa shape index (κ3) is 3.08. The lowest BCUT2D eigenvalue weighted by molar-refractivity contribution is 0.266. The van der Waals surface area contributed by atoms with Crippen LogP contribution in [0.15, 0.2) is 29.0 Å². The van der Waals surface area contributed by atoms with Gasteiger partial charge in [0.2, 0.25) is 0 Å². The van der Waals surface area contributed by atoms with E-state index in [9.17, 15) is 0 Å². The van der Waals surface area contributed by atoms with Gasteiger partial charge in [-0.3, -0.25) is 0 Å². The number of aryl methyl sites for hydroxylation is 1. The summed E-state index contributed by atoms with van der Waals surface area (Å²) >= 11 is 3.42. The van der Waals surface area contributed by atoms with E-state index in [1.807, 2.05) is 17.8 Å². The molecule has 102 valence electrons. The molecule has 0 spiro atoms. The van der Waals surface area contributed by atoms with Crippen LogP contribution in [0.2, 0.25) is 0 Å². The Morgan fingerprint density at radius 1 is 1.42 bits per heavy atom. The molecule has 5 nitrogen and oxygen atoms in total. The molecule has 0 fully saturated rings. The Balaban J connectivity index is 2.22. The third-order valence-electron chi connectivity index (χ3n) is 2.74. The number of methoxy groups -OCH3 is 1. The van der Waals surface area contributed by atoms with Crippen LogP contribution in [0.1, 0.15) is 11.4 Å². The number of ether oxygens (including phenoxy) is 2. The lowest BCUT2D eigenvalue weighted by Crippen LogP contribution is -2.04. The lowest BCUT2D eigenvalue weighted by Gasteiger charge is -2.13. The molecule has 1 heterocycles. The van der Waals surface area contributed by atoms with Crippen molar-refractivity contribution in [3.63, 3.8) is 0 Å². The lowest BCUT2D eigenvalue weighted by atomic mass is 10.2. The van der Waals surface area contributed by atoms with Gasteiger partial charge in [-0.25, -0.2) is 4.98 Å². The molecule has 2 rings (SSSR count). The molecule has 0 saturated carbocycles. The Morgan fingerprint density at radius 3 is 2.79 bits per heavy atom. The predicted molar refractivity (Wildman–Crippen MR) is 74.2 cm³/mol. The van der Waals surface area contributed by atoms with E-state index in [0.717, 1.165) is 15.9 Å². The van der Waals surface area contributed by atoms with E-state index < -0.39 is 0 Å². The molecule has 0 aliphatic carbocycles. The number of aliphatic hydroxyl groups is 1. The molecule has 1 aromatic carbocycles. The van der Waals surface area contributed by atoms with Gasteiger partial charge < -0.3 is 19.1 Å². The van der Waals surface area contributed by atoms with Gasteiger partial charge in [0.05, 0.1) is 18.2 Å². The molecule has 2 aromatic rings. The molecule has 0 aliphatic heterocycles. The van der Waals surface area contributed by atoms with Crippen molar-refractivity contribution in [3.8, 4) is 11.5 Å². The molecule has 0 bridgehead atoms. The molecule has 1 N–H and O–H groups in total. The zero-order chi connectivity index (χ0) is 13.8. The van der Waals surface area contributed by atoms with Crippen LogP contribution in [0, 0.1) is 0 Å². The van der Waals surface area contributed by atoms with Crippen molar-refractivity contribution in [1.29, 1.82) is 0 Å². The number of aromatic nitrogens is 2. The summed E-state index contributed by atoms with van der Waals surface area (Å²) in [5, 5.41) is 9.16. The molecule has 0 saturated heterocycles. The van der Waals surface area contributed by atoms with Crippen LogP contribution < -0.4 is 9.47 Å². The van der Waals surface area contributed by atoms with Crippen LogP contribution >= 0.6 is 15.9 Å². The monoisotopic (exact) mass is 326 g/mol. The number of nitrogens with zero attached hydrogens (tertiary/aromatic N) is 2. The second-order valence-electron chi connectivity index (χ2n) is 4.01. The fourth-order valence-electron chi connectivity index (χ4n) is 1.68. The summed E-state index contributed by atoms with van der Waals surface area (Å²) in [6.45, 7) is 0.297. The summed E-state index contributed by atoms with van der Waals surface area (Å²) in [5.41, 5.74) is 0.757. The highest BCUT2D eigenvalue weighted by Gasteiger charge is 2.12. The van der Waals surface area contributed by atoms with Crippen LogP contribution in [0.25, 0.3) is 0 Å². The van der Waals surface area contributed by atoms with Crippen molar-refractivity contribution in [3.05, 3.63) is 40.4 Å². The zero-order valence-corrected chi connectivity index (χ0v) is 12.3. The maximum atomic E-state index is 9.16. The molecule has 0 aliphatic rings. The summed E-state index contributed by atoms with van der Waals surface area (Å²) in [5.74, 6) is 2.00. The normalized spacial score (nSPS) is 10.5. The van der Waals surface area contributed by atoms with Crippen LogP contribution in [0.5, 0.6) is 11.5 Å². The van der Waals surface area contributed by atoms with Gasteiger partial charge in [-0.15, -0.1) is 0 Å². The number of imidazole rings is 1. The molecule has 0 unspecified atom stereocenters. The molecule has 6 heteroatoms. The van der Waals surface area contributed by atoms with E-state index in [1.165, 1.54) is 0 Å². The van der Waals surface area contributed by atoms with Crippen molar-refractivity contribution >= 4 is 15.9 Å². The zero-order valence-electron chi connectivity index (χ0n) is 10.8. The second-order valence-corrected chi connectivity index (χ2v) is 4.86. The topological polar surface area (TPSA) is 56.5 Å². The van der Waals surface area contributed by atoms with Gasteiger partial charge in [0.1, 0.15) is 12.4 Å². The van der Waals surface area contributed by atoms with Gasteiger partial charge in [-0.1, -0.05) is 0 Å². The smallest absolute Gasteiger partial charge is 0.176 e. The third-order valence-corrected chi connectivity index (χ3v) is 3.33. The SMILES string of the molecule is COc1cc(CO)cc(Br)c1OCc1nccn1C. The summed E-state index contributed by atoms with van der Waals surface area (Å²) in [6, 6.07) is 3.55. The van der Waals surface area contributed by atoms with E-state index in [0.29, 0.717) is 18.1 Å². The molecule has 0 radical (unpaired) electrons. The molecule has 1 aromatic heterocycles. The van der Waals surface area contributed by atoms with E-state index in [-0.39, 0.29) is 6.61 Å². The Morgan fingerprint density at radius 2 is 2.21 bits per heavy atom. The van der Waals surface area contributed by atoms with E-state index >= 15 is 0 Å². The number of benzene rings is 1. The highest BCUT2D eigenvalue weighted by molar-refractivity contribution is 9.10. The Hall–Kier alpha value is -1.53. The summed E-state index contributed by atoms with van der Waals surface area (Å²) in [7, 11) is 3.48. The van der Waals surface area contributed by atoms with Crippen LogP contribution in [-0.2, 0) is 20.3 Å². The summed E-state index contributed by atoms with van der Waals surface area (Å²) in [4.78, 5) is 4.19. The fraction of sp³-hybridized carbons (Fsp3) is 0.308. The second kappa shape index (κ2) is 6.08. The molecule has 0 atom stereocenters. The first kappa shape index (κ1) is 13.9. The number of hydrogen-bond acceptors (Lipinski definition) is 4.